The van der Waals surface area contributed by atoms with Crippen LogP contribution in [0, 0.1) is 29.0 Å². The van der Waals surface area contributed by atoms with E-state index in [1.807, 2.05) is 4.72 Å². The van der Waals surface area contributed by atoms with Gasteiger partial charge in [-0.05, 0) is 86.7 Å². The number of rotatable bonds is 9. The van der Waals surface area contributed by atoms with Crippen molar-refractivity contribution in [2.45, 2.75) is 57.3 Å². The van der Waals surface area contributed by atoms with E-state index >= 15 is 0 Å². The summed E-state index contributed by atoms with van der Waals surface area (Å²) in [5, 5.41) is 0. The van der Waals surface area contributed by atoms with Crippen molar-refractivity contribution in [2.75, 3.05) is 26.1 Å². The molecule has 0 aliphatic heterocycles. The monoisotopic (exact) mass is 465 g/mol. The minimum atomic E-state index is -3.89. The first-order valence-corrected chi connectivity index (χ1v) is 13.4. The van der Waals surface area contributed by atoms with Crippen molar-refractivity contribution in [3.8, 4) is 5.75 Å². The third-order valence-corrected chi connectivity index (χ3v) is 9.07. The van der Waals surface area contributed by atoms with Crippen LogP contribution in [0.3, 0.4) is 0 Å². The van der Waals surface area contributed by atoms with Crippen molar-refractivity contribution in [1.29, 1.82) is 0 Å². The summed E-state index contributed by atoms with van der Waals surface area (Å²) in [7, 11) is -2.52. The van der Waals surface area contributed by atoms with Gasteiger partial charge in [0.05, 0.1) is 24.5 Å². The predicted octanol–water partition coefficient (Wildman–Crippen LogP) is 4.00. The first kappa shape index (κ1) is 22.1. The summed E-state index contributed by atoms with van der Waals surface area (Å²) in [4.78, 5) is 12.5. The van der Waals surface area contributed by atoms with E-state index in [1.165, 1.54) is 57.8 Å². The van der Waals surface area contributed by atoms with Crippen molar-refractivity contribution < 1.29 is 27.1 Å². The number of amides is 1. The molecule has 1 amide bonds. The Morgan fingerprint density at radius 3 is 2.31 bits per heavy atom. The molecule has 1 aromatic carbocycles. The summed E-state index contributed by atoms with van der Waals surface area (Å²) in [5.41, 5.74) is 0.767. The van der Waals surface area contributed by atoms with Crippen LogP contribution < -0.4 is 9.46 Å². The normalized spacial score (nSPS) is 31.0. The highest BCUT2D eigenvalue weighted by Gasteiger charge is 2.51. The highest BCUT2D eigenvalue weighted by Crippen LogP contribution is 2.60. The zero-order chi connectivity index (χ0) is 22.5. The summed E-state index contributed by atoms with van der Waals surface area (Å²) < 4.78 is 52.0. The molecule has 0 unspecified atom stereocenters. The number of ether oxygens (including phenoxy) is 2. The van der Waals surface area contributed by atoms with Crippen LogP contribution in [0.25, 0.3) is 0 Å². The molecule has 6 nitrogen and oxygen atoms in total. The quantitative estimate of drug-likeness (QED) is 0.596. The average Bonchev–Trinajstić information content (AvgIpc) is 3.54. The van der Waals surface area contributed by atoms with Gasteiger partial charge in [0.15, 0.2) is 0 Å². The van der Waals surface area contributed by atoms with Crippen LogP contribution >= 0.6 is 0 Å². The Kier molecular flexibility index (Phi) is 5.73. The largest absolute Gasteiger partial charge is 0.493 e. The maximum absolute atomic E-state index is 14.9. The van der Waals surface area contributed by atoms with Crippen molar-refractivity contribution in [3.63, 3.8) is 0 Å². The molecule has 4 bridgehead atoms. The van der Waals surface area contributed by atoms with Gasteiger partial charge in [-0.2, -0.15) is 0 Å². The molecule has 5 fully saturated rings. The molecule has 0 spiro atoms. The van der Waals surface area contributed by atoms with Crippen molar-refractivity contribution in [1.82, 2.24) is 4.72 Å². The zero-order valence-corrected chi connectivity index (χ0v) is 19.4. The number of carbonyl (C=O) groups is 1. The third kappa shape index (κ3) is 4.53. The summed E-state index contributed by atoms with van der Waals surface area (Å²) in [6.45, 7) is 0.558. The molecule has 32 heavy (non-hydrogen) atoms. The van der Waals surface area contributed by atoms with E-state index in [0.29, 0.717) is 12.4 Å². The Balaban J connectivity index is 1.33. The average molecular weight is 466 g/mol. The lowest BCUT2D eigenvalue weighted by Crippen LogP contribution is -2.48. The molecule has 5 aliphatic rings. The number of hydrogen-bond acceptors (Lipinski definition) is 5. The van der Waals surface area contributed by atoms with Crippen LogP contribution in [0.2, 0.25) is 0 Å². The lowest BCUT2D eigenvalue weighted by molar-refractivity contribution is -0.0747. The number of carbonyl (C=O) groups excluding carboxylic acids is 1. The summed E-state index contributed by atoms with van der Waals surface area (Å²) in [5.74, 6) is 1.13. The van der Waals surface area contributed by atoms with Gasteiger partial charge in [-0.25, -0.2) is 17.5 Å². The van der Waals surface area contributed by atoms with E-state index in [-0.39, 0.29) is 29.3 Å². The van der Waals surface area contributed by atoms with Crippen LogP contribution in [0.15, 0.2) is 12.1 Å². The summed E-state index contributed by atoms with van der Waals surface area (Å²) in [6.07, 6.45) is 9.63. The molecule has 0 heterocycles. The second kappa shape index (κ2) is 8.28. The molecule has 8 heteroatoms. The van der Waals surface area contributed by atoms with Crippen LogP contribution in [0.4, 0.5) is 4.39 Å². The molecule has 1 N–H and O–H groups in total. The van der Waals surface area contributed by atoms with Gasteiger partial charge < -0.3 is 9.47 Å². The molecule has 5 aliphatic carbocycles. The lowest BCUT2D eigenvalue weighted by Gasteiger charge is -2.56. The molecular weight excluding hydrogens is 433 g/mol. The van der Waals surface area contributed by atoms with Crippen LogP contribution in [0.1, 0.15) is 73.2 Å². The highest BCUT2D eigenvalue weighted by atomic mass is 32.2. The van der Waals surface area contributed by atoms with Crippen LogP contribution in [0.5, 0.6) is 5.75 Å². The third-order valence-electron chi connectivity index (χ3n) is 7.86. The first-order chi connectivity index (χ1) is 15.3. The number of hydrogen-bond donors (Lipinski definition) is 1. The first-order valence-electron chi connectivity index (χ1n) is 11.8. The predicted molar refractivity (Wildman–Crippen MR) is 118 cm³/mol. The number of halogens is 1. The molecule has 0 aromatic heterocycles. The van der Waals surface area contributed by atoms with Gasteiger partial charge in [-0.3, -0.25) is 4.79 Å². The summed E-state index contributed by atoms with van der Waals surface area (Å²) >= 11 is 0. The van der Waals surface area contributed by atoms with Gasteiger partial charge >= 0.3 is 0 Å². The van der Waals surface area contributed by atoms with E-state index in [2.05, 4.69) is 0 Å². The molecule has 5 saturated carbocycles. The van der Waals surface area contributed by atoms with Crippen molar-refractivity contribution in [2.24, 2.45) is 23.2 Å². The standard InChI is InChI=1S/C24H32FNO5S/c1-30-4-5-32(28,29)26-23(27)20-9-19(18-2-3-18)22(10-21(20)25)31-14-24-11-15-6-16(12-24)8-17(7-15)13-24/h9-10,15-18H,2-8,11-14H2,1H3,(H,26,27). The molecule has 0 radical (unpaired) electrons. The molecule has 0 atom stereocenters. The Morgan fingerprint density at radius 2 is 1.75 bits per heavy atom. The smallest absolute Gasteiger partial charge is 0.267 e. The number of sulfonamides is 1. The second-order valence-corrected chi connectivity index (χ2v) is 12.4. The zero-order valence-electron chi connectivity index (χ0n) is 18.6. The van der Waals surface area contributed by atoms with Gasteiger partial charge in [0.2, 0.25) is 10.0 Å². The molecule has 1 aromatic rings. The molecule has 6 rings (SSSR count). The van der Waals surface area contributed by atoms with Crippen LogP contribution in [-0.4, -0.2) is 40.4 Å². The van der Waals surface area contributed by atoms with Gasteiger partial charge in [0.1, 0.15) is 11.6 Å². The van der Waals surface area contributed by atoms with E-state index in [1.54, 1.807) is 0 Å². The van der Waals surface area contributed by atoms with Crippen LogP contribution in [-0.2, 0) is 14.8 Å². The van der Waals surface area contributed by atoms with Gasteiger partial charge in [-0.1, -0.05) is 0 Å². The van der Waals surface area contributed by atoms with Gasteiger partial charge in [-0.15, -0.1) is 0 Å². The second-order valence-electron chi connectivity index (χ2n) is 10.6. The van der Waals surface area contributed by atoms with E-state index in [0.717, 1.165) is 36.2 Å². The fraction of sp³-hybridized carbons (Fsp3) is 0.708. The van der Waals surface area contributed by atoms with Crippen molar-refractivity contribution >= 4 is 15.9 Å². The van der Waals surface area contributed by atoms with E-state index in [4.69, 9.17) is 9.47 Å². The molecule has 0 saturated heterocycles. The summed E-state index contributed by atoms with van der Waals surface area (Å²) in [6, 6.07) is 2.77. The maximum Gasteiger partial charge on any atom is 0.267 e. The van der Waals surface area contributed by atoms with Gasteiger partial charge in [0, 0.05) is 18.6 Å². The highest BCUT2D eigenvalue weighted by molar-refractivity contribution is 7.90. The van der Waals surface area contributed by atoms with Crippen molar-refractivity contribution in [3.05, 3.63) is 29.1 Å². The fourth-order valence-electron chi connectivity index (χ4n) is 6.72. The minimum absolute atomic E-state index is 0.0461. The number of nitrogens with one attached hydrogen (secondary N) is 1. The Bertz CT molecular complexity index is 969. The van der Waals surface area contributed by atoms with Gasteiger partial charge in [0.25, 0.3) is 5.91 Å². The van der Waals surface area contributed by atoms with E-state index < -0.39 is 21.7 Å². The van der Waals surface area contributed by atoms with E-state index in [9.17, 15) is 17.6 Å². The number of benzene rings is 1. The Morgan fingerprint density at radius 1 is 1.12 bits per heavy atom. The lowest BCUT2D eigenvalue weighted by atomic mass is 9.50. The fourth-order valence-corrected chi connectivity index (χ4v) is 7.60. The molecular formula is C24H32FNO5S. The Labute approximate surface area is 189 Å². The minimum Gasteiger partial charge on any atom is -0.493 e. The number of methoxy groups -OCH3 is 1. The maximum atomic E-state index is 14.9. The SMILES string of the molecule is COCCS(=O)(=O)NC(=O)c1cc(C2CC2)c(OCC23CC4CC(CC(C4)C2)C3)cc1F. The molecule has 176 valence electrons. The topological polar surface area (TPSA) is 81.7 Å². The Hall–Kier alpha value is -1.67.